The number of halogens is 1. The van der Waals surface area contributed by atoms with Crippen LogP contribution in [-0.2, 0) is 11.2 Å². The van der Waals surface area contributed by atoms with E-state index in [4.69, 9.17) is 0 Å². The number of amides is 1. The van der Waals surface area contributed by atoms with Gasteiger partial charge < -0.3 is 0 Å². The Balaban J connectivity index is 1.51. The molecule has 8 heteroatoms. The maximum absolute atomic E-state index is 13.1. The Morgan fingerprint density at radius 3 is 2.81 bits per heavy atom. The van der Waals surface area contributed by atoms with E-state index in [1.165, 1.54) is 12.1 Å². The molecule has 0 aliphatic carbocycles. The highest BCUT2D eigenvalue weighted by molar-refractivity contribution is 5.94. The third kappa shape index (κ3) is 3.30. The monoisotopic (exact) mass is 352 g/mol. The Morgan fingerprint density at radius 1 is 1.19 bits per heavy atom. The number of benzene rings is 1. The number of aromatic amines is 1. The molecule has 2 aromatic heterocycles. The molecule has 1 fully saturated rings. The molecule has 0 bridgehead atoms. The number of piperidine rings is 1. The van der Waals surface area contributed by atoms with Gasteiger partial charge in [0.25, 0.3) is 5.95 Å². The van der Waals surface area contributed by atoms with Gasteiger partial charge in [-0.05, 0) is 43.0 Å². The molecule has 3 aromatic rings. The van der Waals surface area contributed by atoms with Crippen molar-refractivity contribution in [1.29, 1.82) is 0 Å². The minimum absolute atomic E-state index is 0.000946. The number of carbonyl (C=O) groups excluding carboxylic acids is 1. The van der Waals surface area contributed by atoms with Crippen molar-refractivity contribution in [3.8, 4) is 11.4 Å². The van der Waals surface area contributed by atoms with E-state index in [-0.39, 0.29) is 17.6 Å². The molecule has 1 saturated heterocycles. The van der Waals surface area contributed by atoms with E-state index in [0.717, 1.165) is 24.0 Å². The SMILES string of the molecule is O=C1C(Cc2ccc(F)cc2)CCCN1c1n[nH]c(-c2ccnnc2)n1. The molecule has 1 N–H and O–H groups in total. The summed E-state index contributed by atoms with van der Waals surface area (Å²) in [6, 6.07) is 8.06. The van der Waals surface area contributed by atoms with Crippen molar-refractivity contribution in [3.63, 3.8) is 0 Å². The van der Waals surface area contributed by atoms with Crippen LogP contribution in [0.25, 0.3) is 11.4 Å². The van der Waals surface area contributed by atoms with Crippen LogP contribution in [0.2, 0.25) is 0 Å². The van der Waals surface area contributed by atoms with Crippen LogP contribution in [0.3, 0.4) is 0 Å². The van der Waals surface area contributed by atoms with E-state index in [1.807, 2.05) is 0 Å². The lowest BCUT2D eigenvalue weighted by Gasteiger charge is -2.30. The number of rotatable bonds is 4. The van der Waals surface area contributed by atoms with Gasteiger partial charge in [-0.3, -0.25) is 14.8 Å². The van der Waals surface area contributed by atoms with Gasteiger partial charge in [0.15, 0.2) is 5.82 Å². The van der Waals surface area contributed by atoms with E-state index in [2.05, 4.69) is 25.4 Å². The van der Waals surface area contributed by atoms with Crippen LogP contribution in [0.4, 0.5) is 10.3 Å². The second kappa shape index (κ2) is 6.99. The van der Waals surface area contributed by atoms with Gasteiger partial charge >= 0.3 is 0 Å². The number of carbonyl (C=O) groups is 1. The highest BCUT2D eigenvalue weighted by Crippen LogP contribution is 2.26. The van der Waals surface area contributed by atoms with Gasteiger partial charge in [-0.25, -0.2) is 4.39 Å². The molecule has 132 valence electrons. The molecule has 1 atom stereocenters. The van der Waals surface area contributed by atoms with Crippen molar-refractivity contribution >= 4 is 11.9 Å². The molecule has 0 radical (unpaired) electrons. The van der Waals surface area contributed by atoms with Crippen LogP contribution in [0.5, 0.6) is 0 Å². The van der Waals surface area contributed by atoms with E-state index in [1.54, 1.807) is 35.5 Å². The highest BCUT2D eigenvalue weighted by atomic mass is 19.1. The third-order valence-electron chi connectivity index (χ3n) is 4.52. The molecule has 1 aliphatic rings. The predicted octanol–water partition coefficient (Wildman–Crippen LogP) is 2.39. The zero-order chi connectivity index (χ0) is 17.9. The summed E-state index contributed by atoms with van der Waals surface area (Å²) in [6.45, 7) is 0.588. The quantitative estimate of drug-likeness (QED) is 0.779. The first-order chi connectivity index (χ1) is 12.7. The Labute approximate surface area is 149 Å². The normalized spacial score (nSPS) is 17.5. The highest BCUT2D eigenvalue weighted by Gasteiger charge is 2.31. The van der Waals surface area contributed by atoms with Crippen LogP contribution in [0, 0.1) is 11.7 Å². The Kier molecular flexibility index (Phi) is 4.39. The number of H-pyrrole nitrogens is 1. The summed E-state index contributed by atoms with van der Waals surface area (Å²) in [5, 5.41) is 14.6. The molecular formula is C18H17FN6O. The van der Waals surface area contributed by atoms with Gasteiger partial charge in [-0.2, -0.15) is 15.2 Å². The van der Waals surface area contributed by atoms with Crippen molar-refractivity contribution in [2.75, 3.05) is 11.4 Å². The summed E-state index contributed by atoms with van der Waals surface area (Å²) < 4.78 is 13.1. The molecule has 4 rings (SSSR count). The molecule has 1 aliphatic heterocycles. The Morgan fingerprint density at radius 2 is 2.04 bits per heavy atom. The van der Waals surface area contributed by atoms with E-state index in [9.17, 15) is 9.18 Å². The first-order valence-corrected chi connectivity index (χ1v) is 8.46. The average molecular weight is 352 g/mol. The maximum atomic E-state index is 13.1. The third-order valence-corrected chi connectivity index (χ3v) is 4.52. The Bertz CT molecular complexity index is 896. The van der Waals surface area contributed by atoms with Gasteiger partial charge in [0.2, 0.25) is 5.91 Å². The molecule has 26 heavy (non-hydrogen) atoms. The van der Waals surface area contributed by atoms with Crippen LogP contribution >= 0.6 is 0 Å². The Hall–Kier alpha value is -3.16. The van der Waals surface area contributed by atoms with Crippen molar-refractivity contribution in [1.82, 2.24) is 25.4 Å². The summed E-state index contributed by atoms with van der Waals surface area (Å²) in [4.78, 5) is 18.9. The molecule has 0 spiro atoms. The summed E-state index contributed by atoms with van der Waals surface area (Å²) in [7, 11) is 0. The van der Waals surface area contributed by atoms with Gasteiger partial charge in [-0.1, -0.05) is 12.1 Å². The van der Waals surface area contributed by atoms with Gasteiger partial charge in [-0.15, -0.1) is 5.10 Å². The van der Waals surface area contributed by atoms with E-state index in [0.29, 0.717) is 24.7 Å². The number of anilines is 1. The van der Waals surface area contributed by atoms with Crippen LogP contribution in [0.15, 0.2) is 42.7 Å². The van der Waals surface area contributed by atoms with E-state index < -0.39 is 0 Å². The molecular weight excluding hydrogens is 335 g/mol. The molecule has 1 aromatic carbocycles. The zero-order valence-electron chi connectivity index (χ0n) is 14.0. The van der Waals surface area contributed by atoms with Gasteiger partial charge in [0.05, 0.1) is 12.4 Å². The predicted molar refractivity (Wildman–Crippen MR) is 92.6 cm³/mol. The van der Waals surface area contributed by atoms with Crippen molar-refractivity contribution in [2.24, 2.45) is 5.92 Å². The number of nitrogens with zero attached hydrogens (tertiary/aromatic N) is 5. The summed E-state index contributed by atoms with van der Waals surface area (Å²) in [5.74, 6) is 0.482. The summed E-state index contributed by atoms with van der Waals surface area (Å²) >= 11 is 0. The van der Waals surface area contributed by atoms with Gasteiger partial charge in [0.1, 0.15) is 5.82 Å². The van der Waals surface area contributed by atoms with Gasteiger partial charge in [0, 0.05) is 18.0 Å². The smallest absolute Gasteiger partial charge is 0.251 e. The van der Waals surface area contributed by atoms with E-state index >= 15 is 0 Å². The van der Waals surface area contributed by atoms with Crippen LogP contribution in [-0.4, -0.2) is 37.8 Å². The second-order valence-corrected chi connectivity index (χ2v) is 6.27. The fourth-order valence-corrected chi connectivity index (χ4v) is 3.18. The van der Waals surface area contributed by atoms with Crippen LogP contribution in [0.1, 0.15) is 18.4 Å². The lowest BCUT2D eigenvalue weighted by molar-refractivity contribution is -0.123. The molecule has 7 nitrogen and oxygen atoms in total. The first-order valence-electron chi connectivity index (χ1n) is 8.46. The summed E-state index contributed by atoms with van der Waals surface area (Å²) in [6.07, 6.45) is 5.42. The lowest BCUT2D eigenvalue weighted by Crippen LogP contribution is -2.42. The number of hydrogen-bond donors (Lipinski definition) is 1. The number of hydrogen-bond acceptors (Lipinski definition) is 5. The van der Waals surface area contributed by atoms with Crippen molar-refractivity contribution in [3.05, 3.63) is 54.1 Å². The first kappa shape index (κ1) is 16.3. The second-order valence-electron chi connectivity index (χ2n) is 6.27. The molecule has 0 saturated carbocycles. The fourth-order valence-electron chi connectivity index (χ4n) is 3.18. The standard InChI is InChI=1S/C18H17FN6O/c19-15-5-3-12(4-6-15)10-13-2-1-9-25(17(13)26)18-22-16(23-24-18)14-7-8-20-21-11-14/h3-8,11,13H,1-2,9-10H2,(H,22,23,24). The largest absolute Gasteiger partial charge is 0.279 e. The maximum Gasteiger partial charge on any atom is 0.251 e. The van der Waals surface area contributed by atoms with Crippen molar-refractivity contribution < 1.29 is 9.18 Å². The fraction of sp³-hybridized carbons (Fsp3) is 0.278. The minimum Gasteiger partial charge on any atom is -0.279 e. The number of nitrogens with one attached hydrogen (secondary N) is 1. The van der Waals surface area contributed by atoms with Crippen LogP contribution < -0.4 is 4.90 Å². The molecule has 3 heterocycles. The molecule has 1 amide bonds. The minimum atomic E-state index is -0.274. The molecule has 1 unspecified atom stereocenters. The topological polar surface area (TPSA) is 87.7 Å². The average Bonchev–Trinajstić information content (AvgIpc) is 3.16. The van der Waals surface area contributed by atoms with Crippen molar-refractivity contribution in [2.45, 2.75) is 19.3 Å². The zero-order valence-corrected chi connectivity index (χ0v) is 14.0. The summed E-state index contributed by atoms with van der Waals surface area (Å²) in [5.41, 5.74) is 1.70. The number of aromatic nitrogens is 5. The lowest BCUT2D eigenvalue weighted by atomic mass is 9.90.